The van der Waals surface area contributed by atoms with Crippen LogP contribution in [0.1, 0.15) is 32.8 Å². The van der Waals surface area contributed by atoms with Gasteiger partial charge in [-0.2, -0.15) is 0 Å². The van der Waals surface area contributed by atoms with E-state index in [4.69, 9.17) is 0 Å². The first-order chi connectivity index (χ1) is 7.88. The van der Waals surface area contributed by atoms with Gasteiger partial charge in [-0.15, -0.1) is 0 Å². The maximum atomic E-state index is 10.5. The van der Waals surface area contributed by atoms with Crippen molar-refractivity contribution < 1.29 is 4.92 Å². The lowest BCUT2D eigenvalue weighted by Gasteiger charge is -2.20. The van der Waals surface area contributed by atoms with Gasteiger partial charge in [-0.05, 0) is 45.7 Å². The average Bonchev–Trinajstić information content (AvgIpc) is 2.24. The van der Waals surface area contributed by atoms with E-state index in [1.165, 1.54) is 0 Å². The average molecular weight is 236 g/mol. The first-order valence-corrected chi connectivity index (χ1v) is 5.87. The first-order valence-electron chi connectivity index (χ1n) is 5.87. The van der Waals surface area contributed by atoms with Crippen molar-refractivity contribution in [2.24, 2.45) is 0 Å². The van der Waals surface area contributed by atoms with Crippen LogP contribution in [-0.4, -0.2) is 17.0 Å². The van der Waals surface area contributed by atoms with Crippen molar-refractivity contribution in [2.45, 2.75) is 39.2 Å². The molecule has 0 heterocycles. The molecule has 0 atom stereocenters. The van der Waals surface area contributed by atoms with Gasteiger partial charge >= 0.3 is 0 Å². The van der Waals surface area contributed by atoms with E-state index >= 15 is 0 Å². The third kappa shape index (κ3) is 5.45. The summed E-state index contributed by atoms with van der Waals surface area (Å²) in [7, 11) is 0. The topological polar surface area (TPSA) is 55.2 Å². The lowest BCUT2D eigenvalue weighted by molar-refractivity contribution is -0.384. The fourth-order valence-corrected chi connectivity index (χ4v) is 1.54. The minimum atomic E-state index is -0.370. The van der Waals surface area contributed by atoms with Crippen LogP contribution in [0.3, 0.4) is 0 Å². The van der Waals surface area contributed by atoms with E-state index in [1.807, 2.05) is 12.1 Å². The zero-order valence-corrected chi connectivity index (χ0v) is 10.7. The van der Waals surface area contributed by atoms with Gasteiger partial charge in [-0.1, -0.05) is 12.1 Å². The summed E-state index contributed by atoms with van der Waals surface area (Å²) in [4.78, 5) is 10.1. The van der Waals surface area contributed by atoms with Crippen molar-refractivity contribution in [1.82, 2.24) is 5.32 Å². The molecule has 4 heteroatoms. The quantitative estimate of drug-likeness (QED) is 0.486. The SMILES string of the molecule is CC(C)(C)NCCCc1ccc([N+](=O)[O-])cc1. The summed E-state index contributed by atoms with van der Waals surface area (Å²) in [6.45, 7) is 7.37. The van der Waals surface area contributed by atoms with E-state index in [0.29, 0.717) is 0 Å². The molecular formula is C13H20N2O2. The van der Waals surface area contributed by atoms with Crippen LogP contribution < -0.4 is 5.32 Å². The second-order valence-electron chi connectivity index (χ2n) is 5.20. The molecule has 0 saturated carbocycles. The zero-order chi connectivity index (χ0) is 12.9. The van der Waals surface area contributed by atoms with Crippen LogP contribution in [0.25, 0.3) is 0 Å². The fraction of sp³-hybridized carbons (Fsp3) is 0.538. The molecule has 4 nitrogen and oxygen atoms in total. The normalized spacial score (nSPS) is 11.5. The number of non-ortho nitro benzene ring substituents is 1. The van der Waals surface area contributed by atoms with Crippen molar-refractivity contribution in [2.75, 3.05) is 6.54 Å². The lowest BCUT2D eigenvalue weighted by Crippen LogP contribution is -2.36. The number of nitro groups is 1. The van der Waals surface area contributed by atoms with E-state index < -0.39 is 0 Å². The predicted molar refractivity (Wildman–Crippen MR) is 69.2 cm³/mol. The molecule has 1 rings (SSSR count). The van der Waals surface area contributed by atoms with Gasteiger partial charge in [0.25, 0.3) is 5.69 Å². The largest absolute Gasteiger partial charge is 0.312 e. The van der Waals surface area contributed by atoms with Crippen molar-refractivity contribution in [3.8, 4) is 0 Å². The van der Waals surface area contributed by atoms with Gasteiger partial charge in [0.2, 0.25) is 0 Å². The van der Waals surface area contributed by atoms with Gasteiger partial charge in [0.15, 0.2) is 0 Å². The second-order valence-corrected chi connectivity index (χ2v) is 5.20. The van der Waals surface area contributed by atoms with Crippen LogP contribution >= 0.6 is 0 Å². The van der Waals surface area contributed by atoms with Gasteiger partial charge in [-0.3, -0.25) is 10.1 Å². The van der Waals surface area contributed by atoms with E-state index in [1.54, 1.807) is 12.1 Å². The van der Waals surface area contributed by atoms with Gasteiger partial charge in [0.05, 0.1) is 4.92 Å². The Morgan fingerprint density at radius 3 is 2.29 bits per heavy atom. The van der Waals surface area contributed by atoms with Crippen molar-refractivity contribution in [1.29, 1.82) is 0 Å². The third-order valence-corrected chi connectivity index (χ3v) is 2.44. The smallest absolute Gasteiger partial charge is 0.269 e. The lowest BCUT2D eigenvalue weighted by atomic mass is 10.1. The number of hydrogen-bond acceptors (Lipinski definition) is 3. The molecule has 0 spiro atoms. The minimum Gasteiger partial charge on any atom is -0.312 e. The molecule has 0 aliphatic heterocycles. The van der Waals surface area contributed by atoms with E-state index in [9.17, 15) is 10.1 Å². The summed E-state index contributed by atoms with van der Waals surface area (Å²) >= 11 is 0. The van der Waals surface area contributed by atoms with Crippen molar-refractivity contribution in [3.05, 3.63) is 39.9 Å². The van der Waals surface area contributed by atoms with E-state index in [2.05, 4.69) is 26.1 Å². The van der Waals surface area contributed by atoms with Crippen LogP contribution in [0, 0.1) is 10.1 Å². The molecule has 0 aliphatic rings. The van der Waals surface area contributed by atoms with Gasteiger partial charge in [0, 0.05) is 17.7 Å². The Morgan fingerprint density at radius 1 is 1.24 bits per heavy atom. The molecule has 0 aliphatic carbocycles. The Balaban J connectivity index is 2.35. The summed E-state index contributed by atoms with van der Waals surface area (Å²) in [6.07, 6.45) is 1.98. The standard InChI is InChI=1S/C13H20N2O2/c1-13(2,3)14-10-4-5-11-6-8-12(9-7-11)15(16)17/h6-9,14H,4-5,10H2,1-3H3. The number of aryl methyl sites for hydroxylation is 1. The second kappa shape index (κ2) is 5.77. The molecule has 0 fully saturated rings. The number of benzene rings is 1. The predicted octanol–water partition coefficient (Wildman–Crippen LogP) is 2.92. The Kier molecular flexibility index (Phi) is 4.63. The van der Waals surface area contributed by atoms with Crippen molar-refractivity contribution in [3.63, 3.8) is 0 Å². The van der Waals surface area contributed by atoms with E-state index in [-0.39, 0.29) is 16.1 Å². The summed E-state index contributed by atoms with van der Waals surface area (Å²) in [5, 5.41) is 13.9. The highest BCUT2D eigenvalue weighted by molar-refractivity contribution is 5.32. The maximum Gasteiger partial charge on any atom is 0.269 e. The summed E-state index contributed by atoms with van der Waals surface area (Å²) < 4.78 is 0. The molecule has 1 aromatic carbocycles. The molecule has 0 saturated heterocycles. The summed E-state index contributed by atoms with van der Waals surface area (Å²) in [5.74, 6) is 0. The monoisotopic (exact) mass is 236 g/mol. The zero-order valence-electron chi connectivity index (χ0n) is 10.7. The molecule has 0 unspecified atom stereocenters. The third-order valence-electron chi connectivity index (χ3n) is 2.44. The highest BCUT2D eigenvalue weighted by Gasteiger charge is 2.07. The Bertz CT molecular complexity index is 366. The van der Waals surface area contributed by atoms with Crippen LogP contribution in [0.15, 0.2) is 24.3 Å². The van der Waals surface area contributed by atoms with Crippen LogP contribution in [-0.2, 0) is 6.42 Å². The number of nitrogens with one attached hydrogen (secondary N) is 1. The van der Waals surface area contributed by atoms with Gasteiger partial charge in [0.1, 0.15) is 0 Å². The fourth-order valence-electron chi connectivity index (χ4n) is 1.54. The van der Waals surface area contributed by atoms with E-state index in [0.717, 1.165) is 24.9 Å². The number of hydrogen-bond donors (Lipinski definition) is 1. The Labute approximate surface area is 102 Å². The molecule has 0 radical (unpaired) electrons. The summed E-state index contributed by atoms with van der Waals surface area (Å²) in [6, 6.07) is 6.78. The molecule has 1 aromatic rings. The minimum absolute atomic E-state index is 0.148. The van der Waals surface area contributed by atoms with Crippen LogP contribution in [0.2, 0.25) is 0 Å². The molecule has 0 bridgehead atoms. The molecular weight excluding hydrogens is 216 g/mol. The molecule has 94 valence electrons. The highest BCUT2D eigenvalue weighted by atomic mass is 16.6. The van der Waals surface area contributed by atoms with Gasteiger partial charge in [-0.25, -0.2) is 0 Å². The Hall–Kier alpha value is -1.42. The molecule has 1 N–H and O–H groups in total. The van der Waals surface area contributed by atoms with Crippen LogP contribution in [0.5, 0.6) is 0 Å². The summed E-state index contributed by atoms with van der Waals surface area (Å²) in [5.41, 5.74) is 1.45. The molecule has 0 aromatic heterocycles. The molecule has 17 heavy (non-hydrogen) atoms. The number of rotatable bonds is 5. The number of nitrogens with zero attached hydrogens (tertiary/aromatic N) is 1. The van der Waals surface area contributed by atoms with Crippen LogP contribution in [0.4, 0.5) is 5.69 Å². The first kappa shape index (κ1) is 13.6. The van der Waals surface area contributed by atoms with Crippen molar-refractivity contribution >= 4 is 5.69 Å². The number of nitro benzene ring substituents is 1. The van der Waals surface area contributed by atoms with Gasteiger partial charge < -0.3 is 5.32 Å². The highest BCUT2D eigenvalue weighted by Crippen LogP contribution is 2.13. The Morgan fingerprint density at radius 2 is 1.82 bits per heavy atom. The molecule has 0 amide bonds. The maximum absolute atomic E-state index is 10.5.